The lowest BCUT2D eigenvalue weighted by atomic mass is 10.2. The minimum Gasteiger partial charge on any atom is -0.452 e. The van der Waals surface area contributed by atoms with E-state index < -0.39 is 5.97 Å². The van der Waals surface area contributed by atoms with E-state index in [1.807, 2.05) is 0 Å². The molecule has 0 saturated carbocycles. The van der Waals surface area contributed by atoms with Crippen molar-refractivity contribution < 1.29 is 14.3 Å². The zero-order valence-corrected chi connectivity index (χ0v) is 12.8. The summed E-state index contributed by atoms with van der Waals surface area (Å²) in [6, 6.07) is 1.62. The second-order valence-corrected chi connectivity index (χ2v) is 5.68. The van der Waals surface area contributed by atoms with Crippen molar-refractivity contribution >= 4 is 27.8 Å². The van der Waals surface area contributed by atoms with Gasteiger partial charge in [0.15, 0.2) is 6.61 Å². The molecule has 1 saturated heterocycles. The van der Waals surface area contributed by atoms with Crippen molar-refractivity contribution in [3.63, 3.8) is 0 Å². The Balaban J connectivity index is 1.84. The van der Waals surface area contributed by atoms with E-state index in [1.54, 1.807) is 17.2 Å². The normalized spacial score (nSPS) is 15.6. The van der Waals surface area contributed by atoms with E-state index >= 15 is 0 Å². The summed E-state index contributed by atoms with van der Waals surface area (Å²) in [6.45, 7) is 1.31. The first-order valence-electron chi connectivity index (χ1n) is 6.72. The molecule has 2 rings (SSSR count). The summed E-state index contributed by atoms with van der Waals surface area (Å²) in [5.74, 6) is -0.648. The van der Waals surface area contributed by atoms with Crippen molar-refractivity contribution in [1.82, 2.24) is 9.88 Å². The van der Waals surface area contributed by atoms with Gasteiger partial charge in [0.05, 0.1) is 5.56 Å². The van der Waals surface area contributed by atoms with Crippen molar-refractivity contribution in [3.8, 4) is 0 Å². The van der Waals surface area contributed by atoms with Gasteiger partial charge in [0.25, 0.3) is 5.91 Å². The van der Waals surface area contributed by atoms with Crippen LogP contribution in [0.5, 0.6) is 0 Å². The number of nitrogens with zero attached hydrogens (tertiary/aromatic N) is 2. The predicted molar refractivity (Wildman–Crippen MR) is 77.3 cm³/mol. The summed E-state index contributed by atoms with van der Waals surface area (Å²) in [7, 11) is 0. The van der Waals surface area contributed by atoms with Gasteiger partial charge >= 0.3 is 5.97 Å². The standard InChI is InChI=1S/C14H17BrN2O3/c15-12-7-11(8-16-9-12)14(19)20-10-13(18)17-5-3-1-2-4-6-17/h7-9H,1-6,10H2. The van der Waals surface area contributed by atoms with Gasteiger partial charge in [-0.1, -0.05) is 12.8 Å². The maximum Gasteiger partial charge on any atom is 0.340 e. The van der Waals surface area contributed by atoms with Crippen LogP contribution in [0.15, 0.2) is 22.9 Å². The van der Waals surface area contributed by atoms with Crippen LogP contribution in [-0.4, -0.2) is 41.5 Å². The Morgan fingerprint density at radius 3 is 2.55 bits per heavy atom. The molecule has 1 fully saturated rings. The number of likely N-dealkylation sites (tertiary alicyclic amines) is 1. The largest absolute Gasteiger partial charge is 0.452 e. The molecule has 1 aliphatic heterocycles. The molecule has 0 aromatic carbocycles. The molecule has 1 amide bonds. The number of rotatable bonds is 3. The van der Waals surface area contributed by atoms with Crippen LogP contribution in [0.3, 0.4) is 0 Å². The minimum atomic E-state index is -0.526. The first kappa shape index (κ1) is 15.0. The summed E-state index contributed by atoms with van der Waals surface area (Å²) in [5.41, 5.74) is 0.336. The van der Waals surface area contributed by atoms with Crippen LogP contribution < -0.4 is 0 Å². The number of carbonyl (C=O) groups excluding carboxylic acids is 2. The van der Waals surface area contributed by atoms with E-state index in [-0.39, 0.29) is 12.5 Å². The van der Waals surface area contributed by atoms with Crippen molar-refractivity contribution in [1.29, 1.82) is 0 Å². The Labute approximate surface area is 126 Å². The van der Waals surface area contributed by atoms with Gasteiger partial charge < -0.3 is 9.64 Å². The van der Waals surface area contributed by atoms with E-state index in [0.29, 0.717) is 10.0 Å². The van der Waals surface area contributed by atoms with Gasteiger partial charge in [-0.2, -0.15) is 0 Å². The number of hydrogen-bond acceptors (Lipinski definition) is 4. The van der Waals surface area contributed by atoms with E-state index in [9.17, 15) is 9.59 Å². The first-order chi connectivity index (χ1) is 9.66. The molecule has 20 heavy (non-hydrogen) atoms. The van der Waals surface area contributed by atoms with Crippen molar-refractivity contribution in [3.05, 3.63) is 28.5 Å². The van der Waals surface area contributed by atoms with Gasteiger partial charge in [-0.25, -0.2) is 4.79 Å². The molecule has 1 aliphatic rings. The highest BCUT2D eigenvalue weighted by atomic mass is 79.9. The molecule has 0 atom stereocenters. The maximum atomic E-state index is 12.0. The number of amides is 1. The monoisotopic (exact) mass is 340 g/mol. The second kappa shape index (κ2) is 7.38. The Kier molecular flexibility index (Phi) is 5.52. The van der Waals surface area contributed by atoms with Crippen LogP contribution in [0.4, 0.5) is 0 Å². The van der Waals surface area contributed by atoms with Crippen LogP contribution in [0.1, 0.15) is 36.0 Å². The highest BCUT2D eigenvalue weighted by Crippen LogP contribution is 2.12. The first-order valence-corrected chi connectivity index (χ1v) is 7.51. The second-order valence-electron chi connectivity index (χ2n) is 4.76. The summed E-state index contributed by atoms with van der Waals surface area (Å²) < 4.78 is 5.75. The third-order valence-electron chi connectivity index (χ3n) is 3.23. The SMILES string of the molecule is O=C(OCC(=O)N1CCCCCC1)c1cncc(Br)c1. The molecule has 108 valence electrons. The van der Waals surface area contributed by atoms with Gasteiger partial charge in [-0.05, 0) is 34.8 Å². The van der Waals surface area contributed by atoms with Crippen LogP contribution in [0.25, 0.3) is 0 Å². The Morgan fingerprint density at radius 1 is 1.20 bits per heavy atom. The van der Waals surface area contributed by atoms with E-state index in [2.05, 4.69) is 20.9 Å². The highest BCUT2D eigenvalue weighted by molar-refractivity contribution is 9.10. The average Bonchev–Trinajstić information content (AvgIpc) is 2.73. The summed E-state index contributed by atoms with van der Waals surface area (Å²) in [4.78, 5) is 29.4. The molecule has 1 aromatic heterocycles. The van der Waals surface area contributed by atoms with Crippen LogP contribution in [-0.2, 0) is 9.53 Å². The van der Waals surface area contributed by atoms with E-state index in [4.69, 9.17) is 4.74 Å². The minimum absolute atomic E-state index is 0.122. The van der Waals surface area contributed by atoms with E-state index in [1.165, 1.54) is 6.20 Å². The van der Waals surface area contributed by atoms with Crippen LogP contribution in [0, 0.1) is 0 Å². The highest BCUT2D eigenvalue weighted by Gasteiger charge is 2.17. The Bertz CT molecular complexity index is 485. The summed E-state index contributed by atoms with van der Waals surface area (Å²) in [5, 5.41) is 0. The van der Waals surface area contributed by atoms with Crippen molar-refractivity contribution in [2.24, 2.45) is 0 Å². The van der Waals surface area contributed by atoms with Crippen LogP contribution >= 0.6 is 15.9 Å². The smallest absolute Gasteiger partial charge is 0.340 e. The fourth-order valence-electron chi connectivity index (χ4n) is 2.15. The molecule has 0 radical (unpaired) electrons. The van der Waals surface area contributed by atoms with Gasteiger partial charge in [0, 0.05) is 30.0 Å². The molecule has 0 aliphatic carbocycles. The average molecular weight is 341 g/mol. The number of esters is 1. The number of pyridine rings is 1. The molecule has 0 N–H and O–H groups in total. The van der Waals surface area contributed by atoms with Crippen LogP contribution in [0.2, 0.25) is 0 Å². The number of aromatic nitrogens is 1. The molecule has 1 aromatic rings. The topological polar surface area (TPSA) is 59.5 Å². The Morgan fingerprint density at radius 2 is 1.90 bits per heavy atom. The van der Waals surface area contributed by atoms with Gasteiger partial charge in [-0.15, -0.1) is 0 Å². The van der Waals surface area contributed by atoms with Crippen molar-refractivity contribution in [2.45, 2.75) is 25.7 Å². The van der Waals surface area contributed by atoms with Gasteiger partial charge in [0.1, 0.15) is 0 Å². The maximum absolute atomic E-state index is 12.0. The molecule has 0 unspecified atom stereocenters. The van der Waals surface area contributed by atoms with Gasteiger partial charge in [-0.3, -0.25) is 9.78 Å². The molecule has 6 heteroatoms. The fraction of sp³-hybridized carbons (Fsp3) is 0.500. The predicted octanol–water partition coefficient (Wildman–Crippen LogP) is 2.40. The molecular weight excluding hydrogens is 324 g/mol. The lowest BCUT2D eigenvalue weighted by molar-refractivity contribution is -0.134. The van der Waals surface area contributed by atoms with E-state index in [0.717, 1.165) is 38.8 Å². The number of carbonyl (C=O) groups is 2. The zero-order chi connectivity index (χ0) is 14.4. The van der Waals surface area contributed by atoms with Crippen molar-refractivity contribution in [2.75, 3.05) is 19.7 Å². The number of halogens is 1. The fourth-order valence-corrected chi connectivity index (χ4v) is 2.51. The summed E-state index contributed by atoms with van der Waals surface area (Å²) >= 11 is 3.24. The quantitative estimate of drug-likeness (QED) is 0.792. The molecular formula is C14H17BrN2O3. The summed E-state index contributed by atoms with van der Waals surface area (Å²) in [6.07, 6.45) is 7.37. The third kappa shape index (κ3) is 4.30. The number of hydrogen-bond donors (Lipinski definition) is 0. The zero-order valence-electron chi connectivity index (χ0n) is 11.2. The molecule has 5 nitrogen and oxygen atoms in total. The number of ether oxygens (including phenoxy) is 1. The third-order valence-corrected chi connectivity index (χ3v) is 3.66. The van der Waals surface area contributed by atoms with Gasteiger partial charge in [0.2, 0.25) is 0 Å². The molecule has 0 spiro atoms. The lowest BCUT2D eigenvalue weighted by Gasteiger charge is -2.19. The lowest BCUT2D eigenvalue weighted by Crippen LogP contribution is -2.35. The Hall–Kier alpha value is -1.43. The molecule has 2 heterocycles. The molecule has 0 bridgehead atoms.